The van der Waals surface area contributed by atoms with Gasteiger partial charge < -0.3 is 5.11 Å². The third-order valence-corrected chi connectivity index (χ3v) is 3.13. The monoisotopic (exact) mass is 271 g/mol. The molecular weight excluding hydrogens is 254 g/mol. The Labute approximate surface area is 118 Å². The summed E-state index contributed by atoms with van der Waals surface area (Å²) in [6.07, 6.45) is 2.66. The normalized spacial score (nSPS) is 15.6. The van der Waals surface area contributed by atoms with Crippen LogP contribution in [0.3, 0.4) is 0 Å². The Morgan fingerprint density at radius 1 is 1.10 bits per heavy atom. The topological polar surface area (TPSA) is 57.6 Å². The summed E-state index contributed by atoms with van der Waals surface area (Å²) in [5.74, 6) is 5.42. The van der Waals surface area contributed by atoms with Crippen molar-refractivity contribution in [1.82, 2.24) is 0 Å². The number of carbonyl (C=O) groups is 2. The number of imide groups is 1. The highest BCUT2D eigenvalue weighted by Crippen LogP contribution is 2.24. The maximum Gasteiger partial charge on any atom is 0.233 e. The minimum atomic E-state index is -0.163. The first kappa shape index (κ1) is 14.3. The van der Waals surface area contributed by atoms with Crippen molar-refractivity contribution in [2.45, 2.75) is 32.1 Å². The van der Waals surface area contributed by atoms with Crippen molar-refractivity contribution < 1.29 is 14.7 Å². The molecule has 1 aromatic carbocycles. The smallest absolute Gasteiger partial charge is 0.233 e. The lowest BCUT2D eigenvalue weighted by Crippen LogP contribution is -2.35. The molecule has 1 N–H and O–H groups in total. The molecule has 0 bridgehead atoms. The molecular formula is C16H17NO3. The number of hydrogen-bond donors (Lipinski definition) is 1. The maximum absolute atomic E-state index is 12.1. The molecule has 0 radical (unpaired) electrons. The molecule has 4 nitrogen and oxygen atoms in total. The van der Waals surface area contributed by atoms with Crippen molar-refractivity contribution in [1.29, 1.82) is 0 Å². The second-order valence-corrected chi connectivity index (χ2v) is 4.62. The van der Waals surface area contributed by atoms with Gasteiger partial charge in [0.25, 0.3) is 0 Å². The summed E-state index contributed by atoms with van der Waals surface area (Å²) in [5, 5.41) is 8.76. The van der Waals surface area contributed by atoms with E-state index in [9.17, 15) is 9.59 Å². The fourth-order valence-electron chi connectivity index (χ4n) is 2.17. The van der Waals surface area contributed by atoms with Crippen LogP contribution in [-0.2, 0) is 9.59 Å². The molecule has 1 fully saturated rings. The van der Waals surface area contributed by atoms with Gasteiger partial charge in [-0.05, 0) is 25.0 Å². The van der Waals surface area contributed by atoms with Crippen molar-refractivity contribution in [3.05, 3.63) is 29.8 Å². The van der Waals surface area contributed by atoms with Crippen LogP contribution in [0.25, 0.3) is 0 Å². The van der Waals surface area contributed by atoms with Crippen LogP contribution in [0.5, 0.6) is 0 Å². The highest BCUT2D eigenvalue weighted by Gasteiger charge is 2.26. The Bertz CT molecular complexity index is 551. The van der Waals surface area contributed by atoms with Crippen LogP contribution in [0.15, 0.2) is 24.3 Å². The summed E-state index contributed by atoms with van der Waals surface area (Å²) in [7, 11) is 0. The fourth-order valence-corrected chi connectivity index (χ4v) is 2.17. The number of benzene rings is 1. The van der Waals surface area contributed by atoms with Crippen LogP contribution in [0.2, 0.25) is 0 Å². The molecule has 0 aromatic heterocycles. The maximum atomic E-state index is 12.1. The molecule has 2 rings (SSSR count). The lowest BCUT2D eigenvalue weighted by atomic mass is 10.1. The second kappa shape index (κ2) is 6.88. The average Bonchev–Trinajstić information content (AvgIpc) is 2.61. The lowest BCUT2D eigenvalue weighted by Gasteiger charge is -2.20. The van der Waals surface area contributed by atoms with E-state index in [1.54, 1.807) is 18.2 Å². The van der Waals surface area contributed by atoms with Gasteiger partial charge >= 0.3 is 0 Å². The average molecular weight is 271 g/mol. The molecule has 0 spiro atoms. The zero-order valence-electron chi connectivity index (χ0n) is 11.3. The molecule has 104 valence electrons. The molecule has 1 aliphatic rings. The summed E-state index contributed by atoms with van der Waals surface area (Å²) in [6, 6.07) is 7.13. The van der Waals surface area contributed by atoms with Crippen LogP contribution < -0.4 is 4.90 Å². The Morgan fingerprint density at radius 2 is 1.75 bits per heavy atom. The van der Waals surface area contributed by atoms with Gasteiger partial charge in [-0.25, -0.2) is 4.90 Å². The number of nitrogens with zero attached hydrogens (tertiary/aromatic N) is 1. The SMILES string of the molecule is O=C1CCCCC(=O)N1c1ccccc1C#CCCO. The predicted molar refractivity (Wildman–Crippen MR) is 76.0 cm³/mol. The molecule has 4 heteroatoms. The first-order valence-electron chi connectivity index (χ1n) is 6.78. The highest BCUT2D eigenvalue weighted by molar-refractivity contribution is 6.15. The summed E-state index contributed by atoms with van der Waals surface area (Å²) in [6.45, 7) is -0.00323. The third kappa shape index (κ3) is 3.25. The number of rotatable bonds is 2. The van der Waals surface area contributed by atoms with E-state index in [0.29, 0.717) is 30.5 Å². The van der Waals surface area contributed by atoms with Crippen LogP contribution in [0.4, 0.5) is 5.69 Å². The van der Waals surface area contributed by atoms with Crippen LogP contribution in [-0.4, -0.2) is 23.5 Å². The van der Waals surface area contributed by atoms with Gasteiger partial charge in [0.1, 0.15) is 0 Å². The van der Waals surface area contributed by atoms with Crippen LogP contribution >= 0.6 is 0 Å². The lowest BCUT2D eigenvalue weighted by molar-refractivity contribution is -0.125. The van der Waals surface area contributed by atoms with E-state index >= 15 is 0 Å². The number of anilines is 1. The van der Waals surface area contributed by atoms with E-state index in [4.69, 9.17) is 5.11 Å². The Morgan fingerprint density at radius 3 is 2.40 bits per heavy atom. The zero-order chi connectivity index (χ0) is 14.4. The van der Waals surface area contributed by atoms with Gasteiger partial charge in [0.2, 0.25) is 11.8 Å². The molecule has 0 saturated carbocycles. The number of carbonyl (C=O) groups excluding carboxylic acids is 2. The highest BCUT2D eigenvalue weighted by atomic mass is 16.2. The molecule has 0 aliphatic carbocycles. The van der Waals surface area contributed by atoms with Crippen molar-refractivity contribution in [2.24, 2.45) is 0 Å². The first-order valence-corrected chi connectivity index (χ1v) is 6.78. The predicted octanol–water partition coefficient (Wildman–Crippen LogP) is 1.85. The van der Waals surface area contributed by atoms with Gasteiger partial charge in [-0.2, -0.15) is 0 Å². The molecule has 1 aromatic rings. The standard InChI is InChI=1S/C16H17NO3/c18-12-6-5-8-13-7-1-2-9-14(13)17-15(19)10-3-4-11-16(17)20/h1-2,7,9,18H,3-4,6,10-12H2. The van der Waals surface area contributed by atoms with Gasteiger partial charge in [-0.15, -0.1) is 0 Å². The Hall–Kier alpha value is -2.12. The van der Waals surface area contributed by atoms with Crippen molar-refractivity contribution >= 4 is 17.5 Å². The van der Waals surface area contributed by atoms with Crippen LogP contribution in [0, 0.1) is 11.8 Å². The molecule has 1 aliphatic heterocycles. The summed E-state index contributed by atoms with van der Waals surface area (Å²) < 4.78 is 0. The minimum Gasteiger partial charge on any atom is -0.395 e. The van der Waals surface area contributed by atoms with E-state index in [-0.39, 0.29) is 18.4 Å². The number of amides is 2. The largest absolute Gasteiger partial charge is 0.395 e. The second-order valence-electron chi connectivity index (χ2n) is 4.62. The van der Waals surface area contributed by atoms with Gasteiger partial charge in [0.15, 0.2) is 0 Å². The summed E-state index contributed by atoms with van der Waals surface area (Å²) in [4.78, 5) is 25.5. The summed E-state index contributed by atoms with van der Waals surface area (Å²) in [5.41, 5.74) is 1.19. The first-order chi connectivity index (χ1) is 9.74. The number of hydrogen-bond acceptors (Lipinski definition) is 3. The fraction of sp³-hybridized carbons (Fsp3) is 0.375. The minimum absolute atomic E-state index is 0.00323. The van der Waals surface area contributed by atoms with E-state index in [0.717, 1.165) is 12.8 Å². The Kier molecular flexibility index (Phi) is 4.91. The molecule has 0 unspecified atom stereocenters. The zero-order valence-corrected chi connectivity index (χ0v) is 11.3. The van der Waals surface area contributed by atoms with Crippen molar-refractivity contribution in [3.63, 3.8) is 0 Å². The van der Waals surface area contributed by atoms with E-state index < -0.39 is 0 Å². The van der Waals surface area contributed by atoms with Crippen LogP contribution in [0.1, 0.15) is 37.7 Å². The number of para-hydroxylation sites is 1. The number of aliphatic hydroxyl groups is 1. The summed E-state index contributed by atoms with van der Waals surface area (Å²) >= 11 is 0. The Balaban J connectivity index is 2.38. The molecule has 20 heavy (non-hydrogen) atoms. The molecule has 1 heterocycles. The third-order valence-electron chi connectivity index (χ3n) is 3.13. The van der Waals surface area contributed by atoms with Crippen molar-refractivity contribution in [2.75, 3.05) is 11.5 Å². The van der Waals surface area contributed by atoms with E-state index in [1.165, 1.54) is 4.90 Å². The quantitative estimate of drug-likeness (QED) is 0.659. The van der Waals surface area contributed by atoms with Gasteiger partial charge in [-0.1, -0.05) is 24.0 Å². The van der Waals surface area contributed by atoms with Crippen molar-refractivity contribution in [3.8, 4) is 11.8 Å². The molecule has 1 saturated heterocycles. The van der Waals surface area contributed by atoms with Gasteiger partial charge in [0.05, 0.1) is 12.3 Å². The van der Waals surface area contributed by atoms with Gasteiger partial charge in [-0.3, -0.25) is 9.59 Å². The number of aliphatic hydroxyl groups excluding tert-OH is 1. The van der Waals surface area contributed by atoms with E-state index in [1.807, 2.05) is 6.07 Å². The van der Waals surface area contributed by atoms with E-state index in [2.05, 4.69) is 11.8 Å². The molecule has 0 atom stereocenters. The molecule has 2 amide bonds. The van der Waals surface area contributed by atoms with Gasteiger partial charge in [0, 0.05) is 24.8 Å².